The van der Waals surface area contributed by atoms with E-state index in [1.54, 1.807) is 24.3 Å². The van der Waals surface area contributed by atoms with Gasteiger partial charge in [0.15, 0.2) is 0 Å². The molecule has 0 bridgehead atoms. The molecule has 2 aromatic carbocycles. The van der Waals surface area contributed by atoms with Crippen LogP contribution in [0.5, 0.6) is 5.75 Å². The van der Waals surface area contributed by atoms with Crippen LogP contribution in [0.2, 0.25) is 0 Å². The molecule has 0 aliphatic rings. The fraction of sp³-hybridized carbons (Fsp3) is 0.235. The van der Waals surface area contributed by atoms with Gasteiger partial charge in [-0.1, -0.05) is 56.3 Å². The molecule has 0 aromatic heterocycles. The highest BCUT2D eigenvalue weighted by Gasteiger charge is 2.21. The molecular formula is C17H18O3. The van der Waals surface area contributed by atoms with E-state index < -0.39 is 12.1 Å². The number of carbonyl (C=O) groups is 1. The molecule has 3 heteroatoms. The number of rotatable bonds is 5. The van der Waals surface area contributed by atoms with Gasteiger partial charge in [0.05, 0.1) is 0 Å². The fourth-order valence-corrected chi connectivity index (χ4v) is 1.96. The molecule has 0 aliphatic carbocycles. The lowest BCUT2D eigenvalue weighted by molar-refractivity contribution is -0.145. The average molecular weight is 270 g/mol. The maximum absolute atomic E-state index is 11.4. The van der Waals surface area contributed by atoms with Gasteiger partial charge in [-0.25, -0.2) is 4.79 Å². The van der Waals surface area contributed by atoms with E-state index in [9.17, 15) is 9.90 Å². The van der Waals surface area contributed by atoms with Crippen molar-refractivity contribution in [2.75, 3.05) is 0 Å². The van der Waals surface area contributed by atoms with Crippen molar-refractivity contribution in [2.45, 2.75) is 25.9 Å². The van der Waals surface area contributed by atoms with Crippen molar-refractivity contribution < 1.29 is 14.6 Å². The second-order valence-electron chi connectivity index (χ2n) is 4.97. The SMILES string of the molecule is CC(C)c1ccc(OC(C(=O)O)c2ccccc2)cc1. The predicted molar refractivity (Wildman–Crippen MR) is 78.0 cm³/mol. The highest BCUT2D eigenvalue weighted by molar-refractivity contribution is 5.74. The molecule has 2 rings (SSSR count). The highest BCUT2D eigenvalue weighted by atomic mass is 16.5. The molecule has 1 atom stereocenters. The lowest BCUT2D eigenvalue weighted by Gasteiger charge is -2.16. The molecule has 104 valence electrons. The van der Waals surface area contributed by atoms with Crippen molar-refractivity contribution in [3.8, 4) is 5.75 Å². The number of carboxylic acid groups (broad SMARTS) is 1. The summed E-state index contributed by atoms with van der Waals surface area (Å²) in [6, 6.07) is 16.5. The Morgan fingerprint density at radius 3 is 2.05 bits per heavy atom. The van der Waals surface area contributed by atoms with Crippen LogP contribution >= 0.6 is 0 Å². The lowest BCUT2D eigenvalue weighted by atomic mass is 10.0. The van der Waals surface area contributed by atoms with Crippen molar-refractivity contribution >= 4 is 5.97 Å². The van der Waals surface area contributed by atoms with Gasteiger partial charge in [0.2, 0.25) is 6.10 Å². The van der Waals surface area contributed by atoms with E-state index in [0.29, 0.717) is 17.2 Å². The van der Waals surface area contributed by atoms with Crippen LogP contribution in [0.15, 0.2) is 54.6 Å². The van der Waals surface area contributed by atoms with Gasteiger partial charge in [0, 0.05) is 5.56 Å². The molecule has 0 spiro atoms. The standard InChI is InChI=1S/C17H18O3/c1-12(2)13-8-10-15(11-9-13)20-16(17(18)19)14-6-4-3-5-7-14/h3-12,16H,1-2H3,(H,18,19). The van der Waals surface area contributed by atoms with Gasteiger partial charge in [0.1, 0.15) is 5.75 Å². The normalized spacial score (nSPS) is 12.2. The zero-order chi connectivity index (χ0) is 14.5. The summed E-state index contributed by atoms with van der Waals surface area (Å²) >= 11 is 0. The van der Waals surface area contributed by atoms with Crippen molar-refractivity contribution in [3.63, 3.8) is 0 Å². The Balaban J connectivity index is 2.19. The Labute approximate surface area is 118 Å². The quantitative estimate of drug-likeness (QED) is 0.892. The van der Waals surface area contributed by atoms with Crippen LogP contribution in [0.25, 0.3) is 0 Å². The van der Waals surface area contributed by atoms with Gasteiger partial charge in [-0.15, -0.1) is 0 Å². The molecule has 3 nitrogen and oxygen atoms in total. The van der Waals surface area contributed by atoms with E-state index >= 15 is 0 Å². The molecule has 0 heterocycles. The predicted octanol–water partition coefficient (Wildman–Crippen LogP) is 4.01. The number of benzene rings is 2. The van der Waals surface area contributed by atoms with E-state index in [1.807, 2.05) is 30.3 Å². The van der Waals surface area contributed by atoms with Crippen molar-refractivity contribution in [1.29, 1.82) is 0 Å². The third-order valence-electron chi connectivity index (χ3n) is 3.13. The highest BCUT2D eigenvalue weighted by Crippen LogP contribution is 2.24. The summed E-state index contributed by atoms with van der Waals surface area (Å²) < 4.78 is 5.60. The molecule has 1 N–H and O–H groups in total. The minimum absolute atomic E-state index is 0.438. The molecule has 1 unspecified atom stereocenters. The molecule has 0 radical (unpaired) electrons. The summed E-state index contributed by atoms with van der Waals surface area (Å²) in [5.41, 5.74) is 1.83. The summed E-state index contributed by atoms with van der Waals surface area (Å²) in [5, 5.41) is 9.31. The number of hydrogen-bond donors (Lipinski definition) is 1. The Morgan fingerprint density at radius 1 is 0.950 bits per heavy atom. The van der Waals surface area contributed by atoms with Crippen LogP contribution in [-0.4, -0.2) is 11.1 Å². The zero-order valence-corrected chi connectivity index (χ0v) is 11.6. The smallest absolute Gasteiger partial charge is 0.349 e. The van der Waals surface area contributed by atoms with Crippen molar-refractivity contribution in [3.05, 3.63) is 65.7 Å². The summed E-state index contributed by atoms with van der Waals surface area (Å²) in [6.07, 6.45) is -0.985. The molecule has 0 amide bonds. The van der Waals surface area contributed by atoms with E-state index in [0.717, 1.165) is 0 Å². The maximum Gasteiger partial charge on any atom is 0.349 e. The van der Waals surface area contributed by atoms with Gasteiger partial charge in [-0.3, -0.25) is 0 Å². The van der Waals surface area contributed by atoms with Gasteiger partial charge < -0.3 is 9.84 Å². The number of aliphatic carboxylic acids is 1. The van der Waals surface area contributed by atoms with Crippen LogP contribution in [0, 0.1) is 0 Å². The zero-order valence-electron chi connectivity index (χ0n) is 11.6. The topological polar surface area (TPSA) is 46.5 Å². The first-order valence-electron chi connectivity index (χ1n) is 6.62. The molecule has 0 fully saturated rings. The van der Waals surface area contributed by atoms with E-state index in [4.69, 9.17) is 4.74 Å². The monoisotopic (exact) mass is 270 g/mol. The van der Waals surface area contributed by atoms with Crippen LogP contribution in [0.3, 0.4) is 0 Å². The third kappa shape index (κ3) is 3.38. The molecule has 0 saturated carbocycles. The van der Waals surface area contributed by atoms with Gasteiger partial charge >= 0.3 is 5.97 Å². The van der Waals surface area contributed by atoms with E-state index in [2.05, 4.69) is 13.8 Å². The van der Waals surface area contributed by atoms with E-state index in [-0.39, 0.29) is 0 Å². The molecule has 0 saturated heterocycles. The summed E-state index contributed by atoms with van der Waals surface area (Å²) in [6.45, 7) is 4.22. The first-order chi connectivity index (χ1) is 9.58. The number of ether oxygens (including phenoxy) is 1. The van der Waals surface area contributed by atoms with E-state index in [1.165, 1.54) is 5.56 Å². The third-order valence-corrected chi connectivity index (χ3v) is 3.13. The number of carboxylic acids is 1. The van der Waals surface area contributed by atoms with Gasteiger partial charge in [-0.05, 0) is 23.6 Å². The summed E-state index contributed by atoms with van der Waals surface area (Å²) in [7, 11) is 0. The Bertz CT molecular complexity index is 559. The minimum atomic E-state index is -0.996. The Kier molecular flexibility index (Phi) is 4.41. The number of hydrogen-bond acceptors (Lipinski definition) is 2. The molecule has 20 heavy (non-hydrogen) atoms. The lowest BCUT2D eigenvalue weighted by Crippen LogP contribution is -2.18. The van der Waals surface area contributed by atoms with Gasteiger partial charge in [-0.2, -0.15) is 0 Å². The van der Waals surface area contributed by atoms with Crippen molar-refractivity contribution in [1.82, 2.24) is 0 Å². The molecule has 0 aliphatic heterocycles. The summed E-state index contributed by atoms with van der Waals surface area (Å²) in [4.78, 5) is 11.4. The maximum atomic E-state index is 11.4. The van der Waals surface area contributed by atoms with Gasteiger partial charge in [0.25, 0.3) is 0 Å². The average Bonchev–Trinajstić information content (AvgIpc) is 2.46. The first-order valence-corrected chi connectivity index (χ1v) is 6.62. The van der Waals surface area contributed by atoms with Crippen LogP contribution in [-0.2, 0) is 4.79 Å². The van der Waals surface area contributed by atoms with Crippen molar-refractivity contribution in [2.24, 2.45) is 0 Å². The Morgan fingerprint density at radius 2 is 1.55 bits per heavy atom. The van der Waals surface area contributed by atoms with Crippen LogP contribution < -0.4 is 4.74 Å². The first kappa shape index (κ1) is 14.1. The molecule has 2 aromatic rings. The molecular weight excluding hydrogens is 252 g/mol. The fourth-order valence-electron chi connectivity index (χ4n) is 1.96. The second-order valence-corrected chi connectivity index (χ2v) is 4.97. The largest absolute Gasteiger partial charge is 0.478 e. The summed E-state index contributed by atoms with van der Waals surface area (Å²) in [5.74, 6) is 0.00299. The van der Waals surface area contributed by atoms with Crippen LogP contribution in [0.1, 0.15) is 37.0 Å². The van der Waals surface area contributed by atoms with Crippen LogP contribution in [0.4, 0.5) is 0 Å². The second kappa shape index (κ2) is 6.24. The Hall–Kier alpha value is -2.29. The minimum Gasteiger partial charge on any atom is -0.478 e.